The van der Waals surface area contributed by atoms with Gasteiger partial charge in [0.1, 0.15) is 6.04 Å². The van der Waals surface area contributed by atoms with E-state index in [2.05, 4.69) is 26.1 Å². The number of carbonyl (C=O) groups is 1. The average Bonchev–Trinajstić information content (AvgIpc) is 2.29. The Morgan fingerprint density at radius 3 is 2.35 bits per heavy atom. The quantitative estimate of drug-likeness (QED) is 0.815. The van der Waals surface area contributed by atoms with Gasteiger partial charge in [-0.3, -0.25) is 0 Å². The zero-order chi connectivity index (χ0) is 12.9. The Morgan fingerprint density at radius 2 is 1.88 bits per heavy atom. The molecule has 0 fully saturated rings. The summed E-state index contributed by atoms with van der Waals surface area (Å²) >= 11 is 0. The number of benzene rings is 1. The van der Waals surface area contributed by atoms with Crippen LogP contribution < -0.4 is 5.32 Å². The number of ether oxygens (including phenoxy) is 1. The highest BCUT2D eigenvalue weighted by Crippen LogP contribution is 2.17. The largest absolute Gasteiger partial charge is 0.468 e. The van der Waals surface area contributed by atoms with Crippen LogP contribution in [0.2, 0.25) is 0 Å². The number of nitrogens with one attached hydrogen (secondary N) is 1. The van der Waals surface area contributed by atoms with Crippen LogP contribution in [0.15, 0.2) is 30.3 Å². The molecule has 3 heteroatoms. The molecule has 1 N–H and O–H groups in total. The Kier molecular flexibility index (Phi) is 4.70. The fourth-order valence-corrected chi connectivity index (χ4v) is 1.51. The predicted molar refractivity (Wildman–Crippen MR) is 68.7 cm³/mol. The van der Waals surface area contributed by atoms with Crippen molar-refractivity contribution in [1.82, 2.24) is 5.32 Å². The number of hydrogen-bond acceptors (Lipinski definition) is 3. The van der Waals surface area contributed by atoms with Gasteiger partial charge in [0, 0.05) is 6.54 Å². The number of esters is 1. The molecule has 3 nitrogen and oxygen atoms in total. The van der Waals surface area contributed by atoms with E-state index in [1.165, 1.54) is 7.11 Å². The molecular formula is C14H21NO2. The van der Waals surface area contributed by atoms with Gasteiger partial charge in [0.05, 0.1) is 7.11 Å². The zero-order valence-corrected chi connectivity index (χ0v) is 11.0. The third-order valence-corrected chi connectivity index (χ3v) is 2.41. The normalized spacial score (nSPS) is 13.2. The van der Waals surface area contributed by atoms with Crippen molar-refractivity contribution in [3.8, 4) is 0 Å². The van der Waals surface area contributed by atoms with Gasteiger partial charge in [0.25, 0.3) is 0 Å². The summed E-state index contributed by atoms with van der Waals surface area (Å²) in [5.74, 6) is -0.250. The van der Waals surface area contributed by atoms with Gasteiger partial charge in [-0.05, 0) is 11.0 Å². The van der Waals surface area contributed by atoms with Gasteiger partial charge in [0.15, 0.2) is 0 Å². The Hall–Kier alpha value is -1.35. The van der Waals surface area contributed by atoms with Crippen LogP contribution in [0.4, 0.5) is 0 Å². The maximum atomic E-state index is 11.7. The molecule has 1 atom stereocenters. The van der Waals surface area contributed by atoms with E-state index >= 15 is 0 Å². The molecule has 0 aliphatic carbocycles. The summed E-state index contributed by atoms with van der Waals surface area (Å²) in [4.78, 5) is 11.7. The molecule has 0 aromatic heterocycles. The van der Waals surface area contributed by atoms with Crippen LogP contribution in [0.1, 0.15) is 32.4 Å². The van der Waals surface area contributed by atoms with Gasteiger partial charge in [-0.1, -0.05) is 51.1 Å². The lowest BCUT2D eigenvalue weighted by Crippen LogP contribution is -2.35. The second-order valence-corrected chi connectivity index (χ2v) is 5.31. The molecule has 1 rings (SSSR count). The van der Waals surface area contributed by atoms with E-state index in [1.54, 1.807) is 0 Å². The summed E-state index contributed by atoms with van der Waals surface area (Å²) in [5.41, 5.74) is 1.06. The summed E-state index contributed by atoms with van der Waals surface area (Å²) in [6, 6.07) is 9.24. The Morgan fingerprint density at radius 1 is 1.29 bits per heavy atom. The smallest absolute Gasteiger partial charge is 0.327 e. The number of rotatable bonds is 4. The van der Waals surface area contributed by atoms with Gasteiger partial charge in [0.2, 0.25) is 0 Å². The van der Waals surface area contributed by atoms with Crippen LogP contribution in [0.3, 0.4) is 0 Å². The lowest BCUT2D eigenvalue weighted by molar-refractivity contribution is -0.143. The van der Waals surface area contributed by atoms with E-state index in [0.29, 0.717) is 0 Å². The highest BCUT2D eigenvalue weighted by atomic mass is 16.5. The van der Waals surface area contributed by atoms with Crippen molar-refractivity contribution in [3.63, 3.8) is 0 Å². The van der Waals surface area contributed by atoms with Gasteiger partial charge in [-0.25, -0.2) is 4.79 Å². The third-order valence-electron chi connectivity index (χ3n) is 2.41. The zero-order valence-electron chi connectivity index (χ0n) is 11.0. The van der Waals surface area contributed by atoms with Crippen molar-refractivity contribution in [3.05, 3.63) is 35.9 Å². The molecule has 0 aliphatic heterocycles. The lowest BCUT2D eigenvalue weighted by atomic mass is 9.96. The van der Waals surface area contributed by atoms with Crippen LogP contribution in [0, 0.1) is 5.41 Å². The van der Waals surface area contributed by atoms with E-state index in [-0.39, 0.29) is 17.4 Å². The molecule has 1 unspecified atom stereocenters. The van der Waals surface area contributed by atoms with Crippen LogP contribution in [0.25, 0.3) is 0 Å². The van der Waals surface area contributed by atoms with Crippen LogP contribution in [0.5, 0.6) is 0 Å². The summed E-state index contributed by atoms with van der Waals surface area (Å²) in [6.07, 6.45) is 0. The first kappa shape index (κ1) is 13.7. The van der Waals surface area contributed by atoms with E-state index in [9.17, 15) is 4.79 Å². The van der Waals surface area contributed by atoms with E-state index < -0.39 is 0 Å². The van der Waals surface area contributed by atoms with Crippen molar-refractivity contribution in [2.24, 2.45) is 5.41 Å². The highest BCUT2D eigenvalue weighted by Gasteiger charge is 2.22. The molecule has 0 spiro atoms. The summed E-state index contributed by atoms with van der Waals surface area (Å²) in [7, 11) is 1.41. The fourth-order valence-electron chi connectivity index (χ4n) is 1.51. The van der Waals surface area contributed by atoms with E-state index in [0.717, 1.165) is 12.1 Å². The minimum atomic E-state index is -0.388. The lowest BCUT2D eigenvalue weighted by Gasteiger charge is -2.23. The second kappa shape index (κ2) is 5.82. The van der Waals surface area contributed by atoms with Crippen molar-refractivity contribution in [2.75, 3.05) is 13.7 Å². The minimum absolute atomic E-state index is 0.126. The topological polar surface area (TPSA) is 38.3 Å². The van der Waals surface area contributed by atoms with E-state index in [1.807, 2.05) is 30.3 Å². The SMILES string of the molecule is COC(=O)C(NCC(C)(C)C)c1ccccc1. The Labute approximate surface area is 103 Å². The van der Waals surface area contributed by atoms with Gasteiger partial charge in [-0.15, -0.1) is 0 Å². The van der Waals surface area contributed by atoms with Gasteiger partial charge in [-0.2, -0.15) is 0 Å². The second-order valence-electron chi connectivity index (χ2n) is 5.31. The standard InChI is InChI=1S/C14H21NO2/c1-14(2,3)10-15-12(13(16)17-4)11-8-6-5-7-9-11/h5-9,12,15H,10H2,1-4H3. The monoisotopic (exact) mass is 235 g/mol. The van der Waals surface area contributed by atoms with Crippen molar-refractivity contribution in [1.29, 1.82) is 0 Å². The first-order valence-electron chi connectivity index (χ1n) is 5.80. The molecule has 1 aromatic carbocycles. The fraction of sp³-hybridized carbons (Fsp3) is 0.500. The van der Waals surface area contributed by atoms with Crippen LogP contribution in [-0.2, 0) is 9.53 Å². The molecule has 0 amide bonds. The molecule has 0 bridgehead atoms. The molecule has 94 valence electrons. The molecule has 0 heterocycles. The van der Waals surface area contributed by atoms with Crippen molar-refractivity contribution >= 4 is 5.97 Å². The summed E-state index contributed by atoms with van der Waals surface area (Å²) in [6.45, 7) is 7.12. The maximum Gasteiger partial charge on any atom is 0.327 e. The number of carbonyl (C=O) groups excluding carboxylic acids is 1. The van der Waals surface area contributed by atoms with Crippen molar-refractivity contribution < 1.29 is 9.53 Å². The molecule has 0 saturated carbocycles. The van der Waals surface area contributed by atoms with Gasteiger partial charge < -0.3 is 10.1 Å². The Balaban J connectivity index is 2.79. The molecule has 0 radical (unpaired) electrons. The number of hydrogen-bond donors (Lipinski definition) is 1. The summed E-state index contributed by atoms with van der Waals surface area (Å²) < 4.78 is 4.83. The van der Waals surface area contributed by atoms with E-state index in [4.69, 9.17) is 4.74 Å². The maximum absolute atomic E-state index is 11.7. The average molecular weight is 235 g/mol. The van der Waals surface area contributed by atoms with Crippen LogP contribution >= 0.6 is 0 Å². The number of methoxy groups -OCH3 is 1. The molecular weight excluding hydrogens is 214 g/mol. The Bertz CT molecular complexity index is 354. The first-order chi connectivity index (χ1) is 7.94. The van der Waals surface area contributed by atoms with Gasteiger partial charge >= 0.3 is 5.97 Å². The third kappa shape index (κ3) is 4.57. The van der Waals surface area contributed by atoms with Crippen molar-refractivity contribution in [2.45, 2.75) is 26.8 Å². The highest BCUT2D eigenvalue weighted by molar-refractivity contribution is 5.77. The molecule has 17 heavy (non-hydrogen) atoms. The molecule has 0 aliphatic rings. The molecule has 0 saturated heterocycles. The predicted octanol–water partition coefficient (Wildman–Crippen LogP) is 2.54. The minimum Gasteiger partial charge on any atom is -0.468 e. The molecule has 1 aromatic rings. The first-order valence-corrected chi connectivity index (χ1v) is 5.80. The summed E-state index contributed by atoms with van der Waals surface area (Å²) in [5, 5.41) is 3.25. The van der Waals surface area contributed by atoms with Crippen LogP contribution in [-0.4, -0.2) is 19.6 Å².